The number of aryl methyl sites for hydroxylation is 1. The first kappa shape index (κ1) is 22.9. The van der Waals surface area contributed by atoms with Crippen LogP contribution < -0.4 is 4.90 Å². The monoisotopic (exact) mass is 446 g/mol. The van der Waals surface area contributed by atoms with Crippen LogP contribution in [0.1, 0.15) is 37.1 Å². The van der Waals surface area contributed by atoms with Crippen LogP contribution in [-0.2, 0) is 11.2 Å². The van der Waals surface area contributed by atoms with Crippen molar-refractivity contribution < 1.29 is 9.18 Å². The molecule has 0 aliphatic carbocycles. The number of hydrogen-bond donors (Lipinski definition) is 0. The first-order valence-corrected chi connectivity index (χ1v) is 11.6. The Morgan fingerprint density at radius 2 is 1.73 bits per heavy atom. The zero-order valence-electron chi connectivity index (χ0n) is 19.6. The number of halogens is 1. The molecule has 0 unspecified atom stereocenters. The number of rotatable bonds is 6. The van der Waals surface area contributed by atoms with Crippen LogP contribution in [0, 0.1) is 18.7 Å². The van der Waals surface area contributed by atoms with E-state index in [2.05, 4.69) is 30.9 Å². The predicted octanol–water partition coefficient (Wildman–Crippen LogP) is 4.88. The molecule has 0 saturated carbocycles. The van der Waals surface area contributed by atoms with Crippen molar-refractivity contribution in [2.45, 2.75) is 33.6 Å². The number of aromatic nitrogens is 2. The fraction of sp³-hybridized carbons (Fsp3) is 0.370. The number of nitrogens with zero attached hydrogens (tertiary/aromatic N) is 4. The van der Waals surface area contributed by atoms with Crippen molar-refractivity contribution in [3.8, 4) is 11.4 Å². The van der Waals surface area contributed by atoms with Crippen molar-refractivity contribution in [3.05, 3.63) is 77.2 Å². The second kappa shape index (κ2) is 10.1. The molecular formula is C27H31FN4O. The zero-order chi connectivity index (χ0) is 23.4. The molecule has 1 saturated heterocycles. The van der Waals surface area contributed by atoms with Gasteiger partial charge in [0.15, 0.2) is 5.82 Å². The minimum absolute atomic E-state index is 0.216. The second-order valence-corrected chi connectivity index (χ2v) is 9.07. The van der Waals surface area contributed by atoms with Gasteiger partial charge in [-0.2, -0.15) is 0 Å². The maximum Gasteiger partial charge on any atom is 0.222 e. The Morgan fingerprint density at radius 1 is 1.00 bits per heavy atom. The second-order valence-electron chi connectivity index (χ2n) is 9.07. The van der Waals surface area contributed by atoms with Crippen molar-refractivity contribution in [2.75, 3.05) is 31.1 Å². The average molecular weight is 447 g/mol. The molecule has 2 aromatic carbocycles. The third-order valence-electron chi connectivity index (χ3n) is 6.01. The summed E-state index contributed by atoms with van der Waals surface area (Å²) in [6.45, 7) is 8.91. The lowest BCUT2D eigenvalue weighted by Gasteiger charge is -2.37. The summed E-state index contributed by atoms with van der Waals surface area (Å²) in [5.74, 6) is 1.67. The summed E-state index contributed by atoms with van der Waals surface area (Å²) in [4.78, 5) is 26.4. The fourth-order valence-electron chi connectivity index (χ4n) is 4.25. The van der Waals surface area contributed by atoms with Crippen LogP contribution in [0.4, 0.5) is 10.2 Å². The molecule has 172 valence electrons. The smallest absolute Gasteiger partial charge is 0.222 e. The maximum absolute atomic E-state index is 13.9. The van der Waals surface area contributed by atoms with E-state index in [4.69, 9.17) is 9.97 Å². The fourth-order valence-corrected chi connectivity index (χ4v) is 4.25. The van der Waals surface area contributed by atoms with E-state index < -0.39 is 0 Å². The molecule has 33 heavy (non-hydrogen) atoms. The van der Waals surface area contributed by atoms with Gasteiger partial charge >= 0.3 is 0 Å². The molecule has 6 heteroatoms. The number of benzene rings is 2. The van der Waals surface area contributed by atoms with Gasteiger partial charge in [0.25, 0.3) is 0 Å². The summed E-state index contributed by atoms with van der Waals surface area (Å²) >= 11 is 0. The summed E-state index contributed by atoms with van der Waals surface area (Å²) < 4.78 is 13.9. The van der Waals surface area contributed by atoms with Crippen molar-refractivity contribution in [3.63, 3.8) is 0 Å². The molecule has 1 amide bonds. The van der Waals surface area contributed by atoms with Crippen molar-refractivity contribution >= 4 is 11.7 Å². The molecule has 0 radical (unpaired) electrons. The lowest BCUT2D eigenvalue weighted by molar-refractivity contribution is -0.132. The Balaban J connectivity index is 1.66. The van der Waals surface area contributed by atoms with E-state index in [1.54, 1.807) is 6.07 Å². The molecule has 2 heterocycles. The third kappa shape index (κ3) is 5.56. The molecule has 4 rings (SSSR count). The molecule has 1 aliphatic heterocycles. The van der Waals surface area contributed by atoms with Gasteiger partial charge in [0, 0.05) is 55.8 Å². The van der Waals surface area contributed by atoms with Gasteiger partial charge in [-0.25, -0.2) is 14.4 Å². The van der Waals surface area contributed by atoms with E-state index >= 15 is 0 Å². The average Bonchev–Trinajstić information content (AvgIpc) is 2.80. The third-order valence-corrected chi connectivity index (χ3v) is 6.01. The standard InChI is InChI=1S/C27H31FN4O/c1-19(2)16-25(33)31-12-14-32(15-13-31)27-24(17-21-8-5-4-6-9-21)20(3)29-26(30-27)22-10-7-11-23(28)18-22/h4-11,18-19H,12-17H2,1-3H3. The molecule has 1 aliphatic rings. The Hall–Kier alpha value is -3.28. The molecule has 1 fully saturated rings. The molecule has 0 spiro atoms. The summed E-state index contributed by atoms with van der Waals surface area (Å²) in [6.07, 6.45) is 1.30. The Morgan fingerprint density at radius 3 is 2.39 bits per heavy atom. The summed E-state index contributed by atoms with van der Waals surface area (Å²) in [7, 11) is 0. The number of carbonyl (C=O) groups excluding carboxylic acids is 1. The highest BCUT2D eigenvalue weighted by Gasteiger charge is 2.25. The summed E-state index contributed by atoms with van der Waals surface area (Å²) in [5, 5.41) is 0. The van der Waals surface area contributed by atoms with Crippen LogP contribution in [0.5, 0.6) is 0 Å². The zero-order valence-corrected chi connectivity index (χ0v) is 19.6. The van der Waals surface area contributed by atoms with E-state index in [0.717, 1.165) is 23.5 Å². The largest absolute Gasteiger partial charge is 0.353 e. The first-order valence-electron chi connectivity index (χ1n) is 11.6. The van der Waals surface area contributed by atoms with Crippen LogP contribution in [0.2, 0.25) is 0 Å². The molecule has 0 atom stereocenters. The SMILES string of the molecule is Cc1nc(-c2cccc(F)c2)nc(N2CCN(C(=O)CC(C)C)CC2)c1Cc1ccccc1. The van der Waals surface area contributed by atoms with Crippen LogP contribution in [0.3, 0.4) is 0 Å². The van der Waals surface area contributed by atoms with Gasteiger partial charge < -0.3 is 9.80 Å². The van der Waals surface area contributed by atoms with Gasteiger partial charge in [-0.1, -0.05) is 56.3 Å². The Bertz CT molecular complexity index is 1110. The van der Waals surface area contributed by atoms with Gasteiger partial charge in [-0.3, -0.25) is 4.79 Å². The summed E-state index contributed by atoms with van der Waals surface area (Å²) in [6, 6.07) is 16.7. The lowest BCUT2D eigenvalue weighted by Crippen LogP contribution is -2.49. The molecule has 0 bridgehead atoms. The molecular weight excluding hydrogens is 415 g/mol. The maximum atomic E-state index is 13.9. The quantitative estimate of drug-likeness (QED) is 0.542. The van der Waals surface area contributed by atoms with Crippen LogP contribution in [0.15, 0.2) is 54.6 Å². The number of piperazine rings is 1. The highest BCUT2D eigenvalue weighted by Crippen LogP contribution is 2.28. The van der Waals surface area contributed by atoms with Gasteiger partial charge in [0.1, 0.15) is 11.6 Å². The van der Waals surface area contributed by atoms with E-state index in [0.29, 0.717) is 49.9 Å². The van der Waals surface area contributed by atoms with Crippen molar-refractivity contribution in [2.24, 2.45) is 5.92 Å². The number of hydrogen-bond acceptors (Lipinski definition) is 4. The first-order chi connectivity index (χ1) is 15.9. The molecule has 0 N–H and O–H groups in total. The van der Waals surface area contributed by atoms with Crippen LogP contribution >= 0.6 is 0 Å². The van der Waals surface area contributed by atoms with Gasteiger partial charge in [0.05, 0.1) is 0 Å². The molecule has 1 aromatic heterocycles. The predicted molar refractivity (Wildman–Crippen MR) is 130 cm³/mol. The lowest BCUT2D eigenvalue weighted by atomic mass is 10.0. The highest BCUT2D eigenvalue weighted by atomic mass is 19.1. The van der Waals surface area contributed by atoms with Gasteiger partial charge in [-0.05, 0) is 30.5 Å². The minimum Gasteiger partial charge on any atom is -0.353 e. The molecule has 5 nitrogen and oxygen atoms in total. The minimum atomic E-state index is -0.305. The van der Waals surface area contributed by atoms with Crippen LogP contribution in [-0.4, -0.2) is 47.0 Å². The van der Waals surface area contributed by atoms with E-state index in [-0.39, 0.29) is 11.7 Å². The van der Waals surface area contributed by atoms with Crippen molar-refractivity contribution in [1.82, 2.24) is 14.9 Å². The highest BCUT2D eigenvalue weighted by molar-refractivity contribution is 5.76. The molecule has 3 aromatic rings. The topological polar surface area (TPSA) is 49.3 Å². The van der Waals surface area contributed by atoms with E-state index in [1.807, 2.05) is 36.1 Å². The Kier molecular flexibility index (Phi) is 7.02. The normalized spacial score (nSPS) is 14.1. The number of amides is 1. The summed E-state index contributed by atoms with van der Waals surface area (Å²) in [5.41, 5.74) is 3.82. The number of anilines is 1. The van der Waals surface area contributed by atoms with E-state index in [1.165, 1.54) is 17.7 Å². The van der Waals surface area contributed by atoms with Gasteiger partial charge in [-0.15, -0.1) is 0 Å². The Labute approximate surface area is 195 Å². The number of carbonyl (C=O) groups is 1. The van der Waals surface area contributed by atoms with Gasteiger partial charge in [0.2, 0.25) is 5.91 Å². The van der Waals surface area contributed by atoms with Crippen LogP contribution in [0.25, 0.3) is 11.4 Å². The van der Waals surface area contributed by atoms with Crippen molar-refractivity contribution in [1.29, 1.82) is 0 Å². The van der Waals surface area contributed by atoms with E-state index in [9.17, 15) is 9.18 Å².